The van der Waals surface area contributed by atoms with Gasteiger partial charge < -0.3 is 9.30 Å². The molecule has 0 spiro atoms. The summed E-state index contributed by atoms with van der Waals surface area (Å²) in [6.45, 7) is 1.98. The molecule has 10 nitrogen and oxygen atoms in total. The first-order valence-corrected chi connectivity index (χ1v) is 13.2. The van der Waals surface area contributed by atoms with Gasteiger partial charge in [-0.25, -0.2) is 23.3 Å². The smallest absolute Gasteiger partial charge is 0.335 e. The van der Waals surface area contributed by atoms with Gasteiger partial charge in [0.2, 0.25) is 0 Å². The molecule has 0 N–H and O–H groups in total. The summed E-state index contributed by atoms with van der Waals surface area (Å²) in [5, 5.41) is 4.34. The second-order valence-corrected chi connectivity index (χ2v) is 9.75. The van der Waals surface area contributed by atoms with Crippen LogP contribution in [0.5, 0.6) is 11.5 Å². The van der Waals surface area contributed by atoms with Gasteiger partial charge in [0.05, 0.1) is 23.9 Å². The number of benzene rings is 2. The average Bonchev–Trinajstić information content (AvgIpc) is 3.64. The Bertz CT molecular complexity index is 2050. The van der Waals surface area contributed by atoms with Gasteiger partial charge in [0.15, 0.2) is 11.5 Å². The molecular formula is C31H25FN6O4. The third-order valence-corrected chi connectivity index (χ3v) is 6.87. The Morgan fingerprint density at radius 3 is 2.43 bits per heavy atom. The van der Waals surface area contributed by atoms with Gasteiger partial charge in [-0.15, -0.1) is 0 Å². The Labute approximate surface area is 238 Å². The molecule has 0 radical (unpaired) electrons. The molecular weight excluding hydrogens is 539 g/mol. The number of imidazole rings is 1. The molecule has 0 aliphatic carbocycles. The summed E-state index contributed by atoms with van der Waals surface area (Å²) in [5.41, 5.74) is 1.75. The van der Waals surface area contributed by atoms with E-state index in [4.69, 9.17) is 4.74 Å². The Kier molecular flexibility index (Phi) is 6.83. The van der Waals surface area contributed by atoms with Crippen molar-refractivity contribution in [2.45, 2.75) is 19.9 Å². The van der Waals surface area contributed by atoms with Gasteiger partial charge in [-0.1, -0.05) is 12.1 Å². The van der Waals surface area contributed by atoms with Crippen LogP contribution in [0.3, 0.4) is 0 Å². The third-order valence-electron chi connectivity index (χ3n) is 6.87. The van der Waals surface area contributed by atoms with E-state index in [1.807, 2.05) is 36.1 Å². The minimum absolute atomic E-state index is 0.0666. The highest BCUT2D eigenvalue weighted by Gasteiger charge is 2.19. The molecule has 42 heavy (non-hydrogen) atoms. The number of ketones is 1. The predicted molar refractivity (Wildman–Crippen MR) is 154 cm³/mol. The zero-order valence-electron chi connectivity index (χ0n) is 22.8. The van der Waals surface area contributed by atoms with Crippen LogP contribution in [0.1, 0.15) is 22.8 Å². The molecule has 0 aliphatic heterocycles. The van der Waals surface area contributed by atoms with Gasteiger partial charge in [0.1, 0.15) is 22.6 Å². The molecule has 0 amide bonds. The molecule has 0 saturated heterocycles. The monoisotopic (exact) mass is 564 g/mol. The van der Waals surface area contributed by atoms with Crippen molar-refractivity contribution in [3.8, 4) is 28.4 Å². The van der Waals surface area contributed by atoms with Gasteiger partial charge in [0, 0.05) is 44.2 Å². The first-order chi connectivity index (χ1) is 20.3. The van der Waals surface area contributed by atoms with E-state index >= 15 is 0 Å². The fourth-order valence-corrected chi connectivity index (χ4v) is 4.70. The second kappa shape index (κ2) is 10.8. The first kappa shape index (κ1) is 26.6. The van der Waals surface area contributed by atoms with Crippen LogP contribution in [-0.2, 0) is 20.0 Å². The lowest BCUT2D eigenvalue weighted by Crippen LogP contribution is -2.41. The van der Waals surface area contributed by atoms with Gasteiger partial charge >= 0.3 is 5.69 Å². The number of hydrogen-bond acceptors (Lipinski definition) is 6. The second-order valence-electron chi connectivity index (χ2n) is 9.75. The van der Waals surface area contributed by atoms with Crippen molar-refractivity contribution < 1.29 is 13.9 Å². The molecule has 4 heterocycles. The number of hydrogen-bond donors (Lipinski definition) is 0. The Morgan fingerprint density at radius 1 is 0.976 bits per heavy atom. The van der Waals surface area contributed by atoms with Crippen molar-refractivity contribution in [1.29, 1.82) is 0 Å². The van der Waals surface area contributed by atoms with Crippen molar-refractivity contribution in [3.63, 3.8) is 0 Å². The molecule has 0 aliphatic rings. The van der Waals surface area contributed by atoms with E-state index in [0.717, 1.165) is 33.5 Å². The molecule has 6 rings (SSSR count). The van der Waals surface area contributed by atoms with Gasteiger partial charge in [-0.3, -0.25) is 14.2 Å². The molecule has 4 aromatic heterocycles. The molecule has 0 bridgehead atoms. The van der Waals surface area contributed by atoms with Gasteiger partial charge in [0.25, 0.3) is 5.56 Å². The predicted octanol–water partition coefficient (Wildman–Crippen LogP) is 4.42. The number of Topliss-reactive ketones (excluding diaryl/α,β-unsaturated/α-hetero) is 1. The lowest BCUT2D eigenvalue weighted by atomic mass is 10.0. The molecule has 0 saturated carbocycles. The van der Waals surface area contributed by atoms with Crippen LogP contribution in [0.15, 0.2) is 101 Å². The zero-order chi connectivity index (χ0) is 29.4. The molecule has 2 aromatic carbocycles. The van der Waals surface area contributed by atoms with Crippen LogP contribution in [0.4, 0.5) is 4.39 Å². The number of rotatable bonds is 8. The molecule has 0 fully saturated rings. The van der Waals surface area contributed by atoms with Crippen molar-refractivity contribution in [3.05, 3.63) is 130 Å². The Hall–Kier alpha value is -5.58. The van der Waals surface area contributed by atoms with E-state index in [9.17, 15) is 18.8 Å². The molecule has 210 valence electrons. The Balaban J connectivity index is 1.26. The summed E-state index contributed by atoms with van der Waals surface area (Å²) < 4.78 is 25.4. The minimum Gasteiger partial charge on any atom is -0.455 e. The summed E-state index contributed by atoms with van der Waals surface area (Å²) in [6.07, 6.45) is 8.41. The maximum atomic E-state index is 13.5. The highest BCUT2D eigenvalue weighted by atomic mass is 19.1. The Morgan fingerprint density at radius 2 is 1.74 bits per heavy atom. The number of fused-ring (bicyclic) bond motifs is 1. The maximum Gasteiger partial charge on any atom is 0.335 e. The number of ether oxygens (including phenoxy) is 1. The van der Waals surface area contributed by atoms with Crippen LogP contribution >= 0.6 is 0 Å². The van der Waals surface area contributed by atoms with E-state index in [1.54, 1.807) is 48.2 Å². The summed E-state index contributed by atoms with van der Waals surface area (Å²) in [7, 11) is 1.90. The lowest BCUT2D eigenvalue weighted by molar-refractivity contribution is 0.0990. The van der Waals surface area contributed by atoms with Gasteiger partial charge in [-0.05, 0) is 61.0 Å². The quantitative estimate of drug-likeness (QED) is 0.254. The third kappa shape index (κ3) is 5.03. The van der Waals surface area contributed by atoms with Crippen LogP contribution in [0.25, 0.3) is 22.5 Å². The normalized spacial score (nSPS) is 11.2. The van der Waals surface area contributed by atoms with Crippen molar-refractivity contribution >= 4 is 11.3 Å². The highest BCUT2D eigenvalue weighted by molar-refractivity contribution is 5.97. The number of pyridine rings is 1. The largest absolute Gasteiger partial charge is 0.455 e. The summed E-state index contributed by atoms with van der Waals surface area (Å²) in [6, 6.07) is 15.7. The van der Waals surface area contributed by atoms with E-state index in [1.165, 1.54) is 22.9 Å². The number of halogens is 1. The number of aryl methyl sites for hydroxylation is 2. The molecule has 0 unspecified atom stereocenters. The zero-order valence-corrected chi connectivity index (χ0v) is 22.8. The summed E-state index contributed by atoms with van der Waals surface area (Å²) in [5.74, 6) is 0.182. The average molecular weight is 565 g/mol. The minimum atomic E-state index is -0.751. The van der Waals surface area contributed by atoms with Gasteiger partial charge in [-0.2, -0.15) is 5.10 Å². The standard InChI is InChI=1S/C31H25FN6O4/c1-3-36-17-25(30(40)38(31(36)41)23-8-6-22(32)7-9-23)28(39)14-20-4-10-24(11-5-20)42-29-15-21(26-18-35(2)19-33-26)16-37-27(29)12-13-34-37/h4-13,15-19H,3,14H2,1-2H3. The van der Waals surface area contributed by atoms with Crippen LogP contribution < -0.4 is 16.0 Å². The summed E-state index contributed by atoms with van der Waals surface area (Å²) >= 11 is 0. The van der Waals surface area contributed by atoms with Crippen LogP contribution in [-0.4, -0.2) is 34.1 Å². The maximum absolute atomic E-state index is 13.5. The van der Waals surface area contributed by atoms with E-state index in [-0.39, 0.29) is 24.2 Å². The molecule has 11 heteroatoms. The number of aromatic nitrogens is 6. The van der Waals surface area contributed by atoms with Crippen molar-refractivity contribution in [1.82, 2.24) is 28.3 Å². The lowest BCUT2D eigenvalue weighted by Gasteiger charge is -2.12. The molecule has 0 atom stereocenters. The molecule has 6 aromatic rings. The number of carbonyl (C=O) groups excluding carboxylic acids is 1. The first-order valence-electron chi connectivity index (χ1n) is 13.2. The van der Waals surface area contributed by atoms with Crippen LogP contribution in [0, 0.1) is 5.82 Å². The van der Waals surface area contributed by atoms with E-state index < -0.39 is 22.8 Å². The van der Waals surface area contributed by atoms with E-state index in [0.29, 0.717) is 17.1 Å². The van der Waals surface area contributed by atoms with Crippen molar-refractivity contribution in [2.24, 2.45) is 7.05 Å². The number of nitrogens with zero attached hydrogens (tertiary/aromatic N) is 6. The van der Waals surface area contributed by atoms with E-state index in [2.05, 4.69) is 10.1 Å². The highest BCUT2D eigenvalue weighted by Crippen LogP contribution is 2.31. The SMILES string of the molecule is CCn1cc(C(=O)Cc2ccc(Oc3cc(-c4cn(C)cn4)cn4nccc34)cc2)c(=O)n(-c2ccc(F)cc2)c1=O. The fourth-order valence-electron chi connectivity index (χ4n) is 4.70. The van der Waals surface area contributed by atoms with Crippen LogP contribution in [0.2, 0.25) is 0 Å². The number of carbonyl (C=O) groups is 1. The van der Waals surface area contributed by atoms with Crippen molar-refractivity contribution in [2.75, 3.05) is 0 Å². The fraction of sp³-hybridized carbons (Fsp3) is 0.129. The summed E-state index contributed by atoms with van der Waals surface area (Å²) in [4.78, 5) is 43.8. The topological polar surface area (TPSA) is 105 Å².